The van der Waals surface area contributed by atoms with Gasteiger partial charge < -0.3 is 23.7 Å². The number of benzene rings is 2. The van der Waals surface area contributed by atoms with Crippen LogP contribution in [0.5, 0.6) is 28.7 Å². The van der Waals surface area contributed by atoms with Gasteiger partial charge in [0.25, 0.3) is 0 Å². The molecule has 6 heteroatoms. The lowest BCUT2D eigenvalue weighted by atomic mass is 9.96. The Kier molecular flexibility index (Phi) is 6.34. The van der Waals surface area contributed by atoms with E-state index in [1.807, 2.05) is 12.1 Å². The Bertz CT molecular complexity index is 805. The summed E-state index contributed by atoms with van der Waals surface area (Å²) < 4.78 is 26.8. The quantitative estimate of drug-likeness (QED) is 0.706. The van der Waals surface area contributed by atoms with E-state index in [1.165, 1.54) is 6.08 Å². The molecular weight excluding hydrogens is 334 g/mol. The molecule has 0 aliphatic carbocycles. The Labute approximate surface area is 153 Å². The zero-order chi connectivity index (χ0) is 19.1. The number of rotatable bonds is 7. The second-order valence-corrected chi connectivity index (χ2v) is 5.20. The van der Waals surface area contributed by atoms with Crippen molar-refractivity contribution in [2.45, 2.75) is 0 Å². The molecule has 0 unspecified atom stereocenters. The maximum atomic E-state index is 9.29. The molecule has 0 fully saturated rings. The van der Waals surface area contributed by atoms with Crippen LogP contribution in [-0.4, -0.2) is 35.5 Å². The predicted molar refractivity (Wildman–Crippen MR) is 98.3 cm³/mol. The third-order valence-electron chi connectivity index (χ3n) is 3.85. The van der Waals surface area contributed by atoms with Crippen LogP contribution in [0.3, 0.4) is 0 Å². The molecule has 2 aromatic rings. The Morgan fingerprint density at radius 1 is 0.731 bits per heavy atom. The summed E-state index contributed by atoms with van der Waals surface area (Å²) in [6, 6.07) is 11.1. The maximum Gasteiger partial charge on any atom is 0.203 e. The van der Waals surface area contributed by atoms with E-state index in [0.29, 0.717) is 34.3 Å². The fourth-order valence-corrected chi connectivity index (χ4v) is 2.60. The third-order valence-corrected chi connectivity index (χ3v) is 3.85. The van der Waals surface area contributed by atoms with Gasteiger partial charge in [0.15, 0.2) is 11.5 Å². The summed E-state index contributed by atoms with van der Waals surface area (Å²) in [7, 11) is 7.78. The highest BCUT2D eigenvalue weighted by atomic mass is 16.5. The molecule has 0 saturated carbocycles. The molecule has 2 rings (SSSR count). The summed E-state index contributed by atoms with van der Waals surface area (Å²) >= 11 is 0. The Balaban J connectivity index is 2.70. The minimum atomic E-state index is 0.485. The highest BCUT2D eigenvalue weighted by Crippen LogP contribution is 2.41. The van der Waals surface area contributed by atoms with Crippen LogP contribution in [0.2, 0.25) is 0 Å². The van der Waals surface area contributed by atoms with Crippen LogP contribution in [0.4, 0.5) is 0 Å². The molecule has 0 atom stereocenters. The molecule has 0 spiro atoms. The third kappa shape index (κ3) is 3.83. The van der Waals surface area contributed by atoms with Crippen molar-refractivity contribution in [2.24, 2.45) is 0 Å². The van der Waals surface area contributed by atoms with Crippen LogP contribution in [-0.2, 0) is 0 Å². The van der Waals surface area contributed by atoms with Crippen LogP contribution in [0.25, 0.3) is 5.57 Å². The monoisotopic (exact) mass is 355 g/mol. The molecule has 2 aromatic carbocycles. The van der Waals surface area contributed by atoms with Crippen molar-refractivity contribution in [1.29, 1.82) is 5.26 Å². The molecule has 0 N–H and O–H groups in total. The lowest BCUT2D eigenvalue weighted by Crippen LogP contribution is -1.98. The van der Waals surface area contributed by atoms with Crippen molar-refractivity contribution in [3.8, 4) is 34.8 Å². The smallest absolute Gasteiger partial charge is 0.203 e. The first-order chi connectivity index (χ1) is 12.6. The van der Waals surface area contributed by atoms with Gasteiger partial charge in [0.05, 0.1) is 41.6 Å². The molecule has 6 nitrogen and oxygen atoms in total. The van der Waals surface area contributed by atoms with Crippen molar-refractivity contribution in [3.05, 3.63) is 47.5 Å². The minimum absolute atomic E-state index is 0.485. The van der Waals surface area contributed by atoms with Gasteiger partial charge in [-0.05, 0) is 41.0 Å². The van der Waals surface area contributed by atoms with Gasteiger partial charge in [-0.3, -0.25) is 0 Å². The van der Waals surface area contributed by atoms with Gasteiger partial charge in [-0.25, -0.2) is 0 Å². The fourth-order valence-electron chi connectivity index (χ4n) is 2.60. The van der Waals surface area contributed by atoms with E-state index in [0.717, 1.165) is 11.1 Å². The van der Waals surface area contributed by atoms with Crippen LogP contribution in [0.15, 0.2) is 36.4 Å². The Morgan fingerprint density at radius 3 is 1.62 bits per heavy atom. The standard InChI is InChI=1S/C20H21NO5/c1-22-15-8-13(9-16(12-15)23-2)17(6-7-21)14-10-18(24-3)20(26-5)19(11-14)25-4/h6,8-12H,1-5H3. The summed E-state index contributed by atoms with van der Waals surface area (Å²) in [6.07, 6.45) is 1.45. The Hall–Kier alpha value is -3.33. The SMILES string of the molecule is COc1cc(OC)cc(C(=CC#N)c2cc(OC)c(OC)c(OC)c2)c1. The van der Waals surface area contributed by atoms with E-state index >= 15 is 0 Å². The second-order valence-electron chi connectivity index (χ2n) is 5.20. The van der Waals surface area contributed by atoms with Gasteiger partial charge >= 0.3 is 0 Å². The maximum absolute atomic E-state index is 9.29. The molecule has 0 saturated heterocycles. The normalized spacial score (nSPS) is 10.7. The van der Waals surface area contributed by atoms with E-state index in [9.17, 15) is 5.26 Å². The summed E-state index contributed by atoms with van der Waals surface area (Å²) in [5, 5.41) is 9.29. The van der Waals surface area contributed by atoms with Crippen LogP contribution < -0.4 is 23.7 Å². The van der Waals surface area contributed by atoms with Crippen molar-refractivity contribution in [1.82, 2.24) is 0 Å². The first-order valence-corrected chi connectivity index (χ1v) is 7.75. The van der Waals surface area contributed by atoms with E-state index in [-0.39, 0.29) is 0 Å². The van der Waals surface area contributed by atoms with Gasteiger partial charge in [0, 0.05) is 12.1 Å². The first kappa shape index (κ1) is 19.0. The summed E-state index contributed by atoms with van der Waals surface area (Å²) in [5.74, 6) is 2.73. The molecule has 0 aliphatic heterocycles. The molecule has 0 radical (unpaired) electrons. The number of hydrogen-bond donors (Lipinski definition) is 0. The zero-order valence-corrected chi connectivity index (χ0v) is 15.5. The molecule has 0 aliphatic rings. The van der Waals surface area contributed by atoms with E-state index in [2.05, 4.69) is 6.07 Å². The van der Waals surface area contributed by atoms with Gasteiger partial charge in [0.1, 0.15) is 11.5 Å². The number of methoxy groups -OCH3 is 5. The highest BCUT2D eigenvalue weighted by molar-refractivity contribution is 5.84. The second kappa shape index (κ2) is 8.67. The van der Waals surface area contributed by atoms with E-state index in [4.69, 9.17) is 23.7 Å². The van der Waals surface area contributed by atoms with E-state index < -0.39 is 0 Å². The van der Waals surface area contributed by atoms with E-state index in [1.54, 1.807) is 53.7 Å². The van der Waals surface area contributed by atoms with Crippen LogP contribution >= 0.6 is 0 Å². The summed E-state index contributed by atoms with van der Waals surface area (Å²) in [6.45, 7) is 0. The molecule has 0 amide bonds. The zero-order valence-electron chi connectivity index (χ0n) is 15.5. The molecular formula is C20H21NO5. The summed E-state index contributed by atoms with van der Waals surface area (Å²) in [4.78, 5) is 0. The molecule has 26 heavy (non-hydrogen) atoms. The minimum Gasteiger partial charge on any atom is -0.497 e. The first-order valence-electron chi connectivity index (χ1n) is 7.75. The largest absolute Gasteiger partial charge is 0.497 e. The topological polar surface area (TPSA) is 69.9 Å². The van der Waals surface area contributed by atoms with Crippen molar-refractivity contribution in [2.75, 3.05) is 35.5 Å². The number of nitriles is 1. The highest BCUT2D eigenvalue weighted by Gasteiger charge is 2.17. The average Bonchev–Trinajstić information content (AvgIpc) is 2.70. The van der Waals surface area contributed by atoms with Crippen molar-refractivity contribution >= 4 is 5.57 Å². The van der Waals surface area contributed by atoms with Gasteiger partial charge in [-0.1, -0.05) is 0 Å². The lowest BCUT2D eigenvalue weighted by Gasteiger charge is -2.16. The van der Waals surface area contributed by atoms with Crippen molar-refractivity contribution < 1.29 is 23.7 Å². The lowest BCUT2D eigenvalue weighted by molar-refractivity contribution is 0.324. The fraction of sp³-hybridized carbons (Fsp3) is 0.250. The number of allylic oxidation sites excluding steroid dienone is 1. The van der Waals surface area contributed by atoms with Gasteiger partial charge in [-0.15, -0.1) is 0 Å². The summed E-state index contributed by atoms with van der Waals surface area (Å²) in [5.41, 5.74) is 2.16. The predicted octanol–water partition coefficient (Wildman–Crippen LogP) is 3.68. The van der Waals surface area contributed by atoms with Crippen LogP contribution in [0, 0.1) is 11.3 Å². The molecule has 0 bridgehead atoms. The molecule has 0 aromatic heterocycles. The number of ether oxygens (including phenoxy) is 5. The van der Waals surface area contributed by atoms with Crippen LogP contribution in [0.1, 0.15) is 11.1 Å². The molecule has 0 heterocycles. The number of hydrogen-bond acceptors (Lipinski definition) is 6. The number of nitrogens with zero attached hydrogens (tertiary/aromatic N) is 1. The van der Waals surface area contributed by atoms with Crippen molar-refractivity contribution in [3.63, 3.8) is 0 Å². The average molecular weight is 355 g/mol. The van der Waals surface area contributed by atoms with Gasteiger partial charge in [0.2, 0.25) is 5.75 Å². The Morgan fingerprint density at radius 2 is 1.23 bits per heavy atom. The molecule has 136 valence electrons. The van der Waals surface area contributed by atoms with Gasteiger partial charge in [-0.2, -0.15) is 5.26 Å².